The van der Waals surface area contributed by atoms with Gasteiger partial charge in [-0.15, -0.1) is 0 Å². The summed E-state index contributed by atoms with van der Waals surface area (Å²) in [4.78, 5) is 23.6. The van der Waals surface area contributed by atoms with E-state index in [2.05, 4.69) is 5.32 Å². The SMILES string of the molecule is COc1ccc(OCC(=O)NC(CC(=O)O)c2ccc(OC)cc2OC)cc1. The van der Waals surface area contributed by atoms with Crippen molar-refractivity contribution in [3.8, 4) is 23.0 Å². The van der Waals surface area contributed by atoms with Crippen LogP contribution in [0.3, 0.4) is 0 Å². The van der Waals surface area contributed by atoms with Gasteiger partial charge in [0.15, 0.2) is 6.61 Å². The summed E-state index contributed by atoms with van der Waals surface area (Å²) in [6.07, 6.45) is -0.309. The summed E-state index contributed by atoms with van der Waals surface area (Å²) in [5.74, 6) is 0.627. The number of benzene rings is 2. The van der Waals surface area contributed by atoms with Crippen LogP contribution in [0.4, 0.5) is 0 Å². The Kier molecular flexibility index (Phi) is 7.50. The molecule has 0 spiro atoms. The van der Waals surface area contributed by atoms with Gasteiger partial charge < -0.3 is 29.4 Å². The number of ether oxygens (including phenoxy) is 4. The van der Waals surface area contributed by atoms with Crippen molar-refractivity contribution < 1.29 is 33.6 Å². The number of amides is 1. The van der Waals surface area contributed by atoms with E-state index in [1.807, 2.05) is 0 Å². The summed E-state index contributed by atoms with van der Waals surface area (Å²) in [5, 5.41) is 11.9. The molecule has 0 heterocycles. The molecule has 0 fully saturated rings. The maximum Gasteiger partial charge on any atom is 0.305 e. The number of nitrogens with one attached hydrogen (secondary N) is 1. The Morgan fingerprint density at radius 3 is 2.11 bits per heavy atom. The highest BCUT2D eigenvalue weighted by molar-refractivity contribution is 5.79. The second-order valence-electron chi connectivity index (χ2n) is 5.79. The summed E-state index contributed by atoms with van der Waals surface area (Å²) in [7, 11) is 4.53. The lowest BCUT2D eigenvalue weighted by atomic mass is 10.0. The van der Waals surface area contributed by atoms with E-state index in [9.17, 15) is 14.7 Å². The van der Waals surface area contributed by atoms with Gasteiger partial charge in [-0.3, -0.25) is 9.59 Å². The Hall–Kier alpha value is -3.42. The maximum absolute atomic E-state index is 12.3. The molecule has 0 saturated heterocycles. The molecule has 0 saturated carbocycles. The molecule has 0 aliphatic rings. The van der Waals surface area contributed by atoms with Gasteiger partial charge in [0.2, 0.25) is 0 Å². The van der Waals surface area contributed by atoms with Gasteiger partial charge in [0.25, 0.3) is 5.91 Å². The van der Waals surface area contributed by atoms with Gasteiger partial charge in [0, 0.05) is 11.6 Å². The predicted molar refractivity (Wildman–Crippen MR) is 101 cm³/mol. The fraction of sp³-hybridized carbons (Fsp3) is 0.300. The highest BCUT2D eigenvalue weighted by Crippen LogP contribution is 2.31. The average molecular weight is 389 g/mol. The highest BCUT2D eigenvalue weighted by atomic mass is 16.5. The van der Waals surface area contributed by atoms with Gasteiger partial charge in [0.05, 0.1) is 33.8 Å². The van der Waals surface area contributed by atoms with Crippen LogP contribution in [-0.2, 0) is 9.59 Å². The Labute approximate surface area is 163 Å². The molecule has 150 valence electrons. The molecule has 2 N–H and O–H groups in total. The van der Waals surface area contributed by atoms with Crippen molar-refractivity contribution in [1.82, 2.24) is 5.32 Å². The Bertz CT molecular complexity index is 805. The van der Waals surface area contributed by atoms with E-state index in [0.29, 0.717) is 28.6 Å². The molecule has 0 aliphatic heterocycles. The molecule has 0 radical (unpaired) electrons. The topological polar surface area (TPSA) is 103 Å². The van der Waals surface area contributed by atoms with Crippen molar-refractivity contribution in [3.05, 3.63) is 48.0 Å². The van der Waals surface area contributed by atoms with Crippen molar-refractivity contribution in [2.75, 3.05) is 27.9 Å². The minimum Gasteiger partial charge on any atom is -0.497 e. The smallest absolute Gasteiger partial charge is 0.305 e. The highest BCUT2D eigenvalue weighted by Gasteiger charge is 2.22. The average Bonchev–Trinajstić information content (AvgIpc) is 2.71. The van der Waals surface area contributed by atoms with Crippen molar-refractivity contribution in [2.45, 2.75) is 12.5 Å². The molecule has 0 aromatic heterocycles. The van der Waals surface area contributed by atoms with Crippen molar-refractivity contribution >= 4 is 11.9 Å². The molecular weight excluding hydrogens is 366 g/mol. The predicted octanol–water partition coefficient (Wildman–Crippen LogP) is 2.42. The van der Waals surface area contributed by atoms with E-state index in [0.717, 1.165) is 0 Å². The van der Waals surface area contributed by atoms with E-state index >= 15 is 0 Å². The number of methoxy groups -OCH3 is 3. The first-order valence-electron chi connectivity index (χ1n) is 8.46. The van der Waals surface area contributed by atoms with E-state index in [4.69, 9.17) is 18.9 Å². The number of carbonyl (C=O) groups is 2. The first-order chi connectivity index (χ1) is 13.5. The summed E-state index contributed by atoms with van der Waals surface area (Å²) in [6, 6.07) is 10.9. The van der Waals surface area contributed by atoms with Gasteiger partial charge in [0.1, 0.15) is 23.0 Å². The fourth-order valence-corrected chi connectivity index (χ4v) is 2.58. The molecule has 28 heavy (non-hydrogen) atoms. The van der Waals surface area contributed by atoms with Crippen LogP contribution in [0.25, 0.3) is 0 Å². The zero-order valence-electron chi connectivity index (χ0n) is 15.9. The van der Waals surface area contributed by atoms with E-state index in [1.165, 1.54) is 14.2 Å². The number of carboxylic acids is 1. The molecule has 1 amide bonds. The van der Waals surface area contributed by atoms with E-state index in [1.54, 1.807) is 49.6 Å². The summed E-state index contributed by atoms with van der Waals surface area (Å²) in [5.41, 5.74) is 0.531. The molecular formula is C20H23NO7. The van der Waals surface area contributed by atoms with Gasteiger partial charge in [-0.05, 0) is 36.4 Å². The number of hydrogen-bond acceptors (Lipinski definition) is 6. The van der Waals surface area contributed by atoms with E-state index < -0.39 is 17.9 Å². The second-order valence-corrected chi connectivity index (χ2v) is 5.79. The summed E-state index contributed by atoms with van der Waals surface area (Å²) >= 11 is 0. The minimum absolute atomic E-state index is 0.263. The summed E-state index contributed by atoms with van der Waals surface area (Å²) in [6.45, 7) is -0.263. The van der Waals surface area contributed by atoms with Crippen LogP contribution in [0.1, 0.15) is 18.0 Å². The lowest BCUT2D eigenvalue weighted by molar-refractivity contribution is -0.137. The van der Waals surface area contributed by atoms with Gasteiger partial charge >= 0.3 is 5.97 Å². The van der Waals surface area contributed by atoms with Crippen LogP contribution in [0.15, 0.2) is 42.5 Å². The lowest BCUT2D eigenvalue weighted by Gasteiger charge is -2.20. The minimum atomic E-state index is -1.06. The van der Waals surface area contributed by atoms with E-state index in [-0.39, 0.29) is 13.0 Å². The first kappa shape index (κ1) is 20.9. The second kappa shape index (κ2) is 10.1. The molecule has 2 rings (SSSR count). The number of rotatable bonds is 10. The lowest BCUT2D eigenvalue weighted by Crippen LogP contribution is -2.34. The van der Waals surface area contributed by atoms with Crippen molar-refractivity contribution in [3.63, 3.8) is 0 Å². The molecule has 2 aromatic carbocycles. The Morgan fingerprint density at radius 2 is 1.54 bits per heavy atom. The quantitative estimate of drug-likeness (QED) is 0.643. The van der Waals surface area contributed by atoms with Crippen LogP contribution in [0.5, 0.6) is 23.0 Å². The summed E-state index contributed by atoms with van der Waals surface area (Å²) < 4.78 is 21.0. The number of hydrogen-bond donors (Lipinski definition) is 2. The molecule has 1 atom stereocenters. The van der Waals surface area contributed by atoms with Crippen LogP contribution >= 0.6 is 0 Å². The zero-order chi connectivity index (χ0) is 20.5. The number of aliphatic carboxylic acids is 1. The van der Waals surface area contributed by atoms with Crippen molar-refractivity contribution in [1.29, 1.82) is 0 Å². The fourth-order valence-electron chi connectivity index (χ4n) is 2.58. The third-order valence-electron chi connectivity index (χ3n) is 3.96. The third-order valence-corrected chi connectivity index (χ3v) is 3.96. The van der Waals surface area contributed by atoms with Crippen molar-refractivity contribution in [2.24, 2.45) is 0 Å². The first-order valence-corrected chi connectivity index (χ1v) is 8.46. The number of carboxylic acid groups (broad SMARTS) is 1. The largest absolute Gasteiger partial charge is 0.497 e. The van der Waals surface area contributed by atoms with Crippen LogP contribution in [0, 0.1) is 0 Å². The van der Waals surface area contributed by atoms with Crippen LogP contribution in [-0.4, -0.2) is 44.9 Å². The maximum atomic E-state index is 12.3. The van der Waals surface area contributed by atoms with Gasteiger partial charge in [-0.25, -0.2) is 0 Å². The normalized spacial score (nSPS) is 11.2. The van der Waals surface area contributed by atoms with Gasteiger partial charge in [-0.1, -0.05) is 0 Å². The van der Waals surface area contributed by atoms with Crippen LogP contribution in [0.2, 0.25) is 0 Å². The molecule has 1 unspecified atom stereocenters. The van der Waals surface area contributed by atoms with Crippen LogP contribution < -0.4 is 24.3 Å². The molecule has 8 heteroatoms. The zero-order valence-corrected chi connectivity index (χ0v) is 15.9. The monoisotopic (exact) mass is 389 g/mol. The number of carbonyl (C=O) groups excluding carboxylic acids is 1. The Morgan fingerprint density at radius 1 is 0.929 bits per heavy atom. The third kappa shape index (κ3) is 5.80. The molecule has 2 aromatic rings. The molecule has 8 nitrogen and oxygen atoms in total. The standard InChI is InChI=1S/C20H23NO7/c1-25-13-4-6-14(7-5-13)28-12-19(22)21-17(11-20(23)24)16-9-8-15(26-2)10-18(16)27-3/h4-10,17H,11-12H2,1-3H3,(H,21,22)(H,23,24). The molecule has 0 aliphatic carbocycles. The molecule has 0 bridgehead atoms. The van der Waals surface area contributed by atoms with Gasteiger partial charge in [-0.2, -0.15) is 0 Å². The Balaban J connectivity index is 2.08.